The van der Waals surface area contributed by atoms with Crippen LogP contribution in [-0.4, -0.2) is 56.3 Å². The molecule has 6 heteroatoms. The lowest BCUT2D eigenvalue weighted by atomic mass is 9.92. The summed E-state index contributed by atoms with van der Waals surface area (Å²) in [6.45, 7) is 2.47. The predicted molar refractivity (Wildman–Crippen MR) is 136 cm³/mol. The first kappa shape index (κ1) is 20.7. The fourth-order valence-corrected chi connectivity index (χ4v) is 4.93. The van der Waals surface area contributed by atoms with E-state index in [-0.39, 0.29) is 5.91 Å². The number of carbonyl (C=O) groups excluding carboxylic acids is 1. The highest BCUT2D eigenvalue weighted by Crippen LogP contribution is 2.49. The van der Waals surface area contributed by atoms with E-state index in [1.807, 2.05) is 29.2 Å². The molecule has 6 nitrogen and oxygen atoms in total. The van der Waals surface area contributed by atoms with Crippen molar-refractivity contribution in [1.82, 2.24) is 9.88 Å². The monoisotopic (exact) mass is 451 g/mol. The van der Waals surface area contributed by atoms with Crippen LogP contribution < -0.4 is 9.64 Å². The van der Waals surface area contributed by atoms with Crippen molar-refractivity contribution in [3.05, 3.63) is 66.2 Å². The number of ether oxygens (including phenoxy) is 2. The number of carbonyl (C=O) groups is 1. The van der Waals surface area contributed by atoms with Crippen LogP contribution in [0.15, 0.2) is 60.7 Å². The number of hydrogen-bond donors (Lipinski definition) is 0. The molecule has 1 aromatic heterocycles. The Morgan fingerprint density at radius 2 is 1.85 bits per heavy atom. The van der Waals surface area contributed by atoms with Crippen molar-refractivity contribution in [2.45, 2.75) is 0 Å². The summed E-state index contributed by atoms with van der Waals surface area (Å²) in [6, 6.07) is 18.7. The molecule has 1 saturated heterocycles. The lowest BCUT2D eigenvalue weighted by Crippen LogP contribution is -2.39. The molecule has 0 aliphatic carbocycles. The van der Waals surface area contributed by atoms with Crippen LogP contribution >= 0.6 is 0 Å². The molecule has 3 aromatic carbocycles. The van der Waals surface area contributed by atoms with Crippen LogP contribution in [0.4, 0.5) is 11.4 Å². The summed E-state index contributed by atoms with van der Waals surface area (Å²) in [4.78, 5) is 21.6. The van der Waals surface area contributed by atoms with E-state index in [0.717, 1.165) is 55.6 Å². The van der Waals surface area contributed by atoms with Crippen LogP contribution in [-0.2, 0) is 9.53 Å². The van der Waals surface area contributed by atoms with Crippen LogP contribution in [0, 0.1) is 0 Å². The number of aromatic nitrogens is 1. The minimum absolute atomic E-state index is 0.0161. The molecule has 0 N–H and O–H groups in total. The van der Waals surface area contributed by atoms with Crippen molar-refractivity contribution >= 4 is 45.0 Å². The Bertz CT molecular complexity index is 1470. The molecule has 1 amide bonds. The van der Waals surface area contributed by atoms with Gasteiger partial charge in [0.2, 0.25) is 5.91 Å². The maximum absolute atomic E-state index is 12.6. The highest BCUT2D eigenvalue weighted by molar-refractivity contribution is 6.19. The van der Waals surface area contributed by atoms with E-state index < -0.39 is 0 Å². The summed E-state index contributed by atoms with van der Waals surface area (Å²) < 4.78 is 11.0. The molecule has 0 unspecified atom stereocenters. The van der Waals surface area contributed by atoms with E-state index in [9.17, 15) is 4.79 Å². The summed E-state index contributed by atoms with van der Waals surface area (Å²) in [5.74, 6) is 0.828. The van der Waals surface area contributed by atoms with E-state index >= 15 is 0 Å². The molecule has 1 fully saturated rings. The number of hydrogen-bond acceptors (Lipinski definition) is 5. The number of methoxy groups -OCH3 is 1. The first-order valence-electron chi connectivity index (χ1n) is 11.5. The number of benzene rings is 3. The molecule has 6 rings (SSSR count). The van der Waals surface area contributed by atoms with Gasteiger partial charge < -0.3 is 19.3 Å². The normalized spacial score (nSPS) is 15.2. The number of pyridine rings is 1. The largest absolute Gasteiger partial charge is 0.497 e. The smallest absolute Gasteiger partial charge is 0.246 e. The SMILES string of the molecule is COc1cc2c3c(nc4ccccc4c3c1)-c1ccc(C=CC(=O)N3CCOCC3)cc1N2C. The van der Waals surface area contributed by atoms with Gasteiger partial charge in [0.25, 0.3) is 0 Å². The third kappa shape index (κ3) is 3.30. The molecule has 4 aromatic rings. The van der Waals surface area contributed by atoms with Crippen LogP contribution in [0.5, 0.6) is 5.75 Å². The molecule has 0 radical (unpaired) electrons. The van der Waals surface area contributed by atoms with Gasteiger partial charge in [-0.2, -0.15) is 0 Å². The molecule has 0 atom stereocenters. The van der Waals surface area contributed by atoms with Gasteiger partial charge >= 0.3 is 0 Å². The Balaban J connectivity index is 1.47. The molecule has 2 aliphatic heterocycles. The van der Waals surface area contributed by atoms with Gasteiger partial charge in [-0.05, 0) is 35.2 Å². The van der Waals surface area contributed by atoms with Crippen molar-refractivity contribution in [3.8, 4) is 17.0 Å². The minimum Gasteiger partial charge on any atom is -0.497 e. The first-order chi connectivity index (χ1) is 16.6. The van der Waals surface area contributed by atoms with Crippen molar-refractivity contribution in [3.63, 3.8) is 0 Å². The third-order valence-corrected chi connectivity index (χ3v) is 6.73. The lowest BCUT2D eigenvalue weighted by Gasteiger charge is -2.31. The second-order valence-corrected chi connectivity index (χ2v) is 8.65. The number of morpholine rings is 1. The summed E-state index contributed by atoms with van der Waals surface area (Å²) in [5, 5.41) is 3.37. The first-order valence-corrected chi connectivity index (χ1v) is 11.5. The number of anilines is 2. The van der Waals surface area contributed by atoms with Crippen molar-refractivity contribution in [1.29, 1.82) is 0 Å². The van der Waals surface area contributed by atoms with Crippen LogP contribution in [0.2, 0.25) is 0 Å². The molecule has 0 spiro atoms. The molecule has 3 heterocycles. The maximum Gasteiger partial charge on any atom is 0.246 e. The average molecular weight is 452 g/mol. The van der Waals surface area contributed by atoms with Gasteiger partial charge in [-0.1, -0.05) is 30.3 Å². The fraction of sp³-hybridized carbons (Fsp3) is 0.214. The van der Waals surface area contributed by atoms with Crippen molar-refractivity contribution in [2.75, 3.05) is 45.4 Å². The summed E-state index contributed by atoms with van der Waals surface area (Å²) in [7, 11) is 3.76. The lowest BCUT2D eigenvalue weighted by molar-refractivity contribution is -0.129. The number of nitrogens with zero attached hydrogens (tertiary/aromatic N) is 3. The van der Waals surface area contributed by atoms with Gasteiger partial charge in [0, 0.05) is 48.6 Å². The Morgan fingerprint density at radius 3 is 2.68 bits per heavy atom. The predicted octanol–water partition coefficient (Wildman–Crippen LogP) is 5.02. The third-order valence-electron chi connectivity index (χ3n) is 6.73. The number of fused-ring (bicyclic) bond motifs is 4. The van der Waals surface area contributed by atoms with E-state index in [0.29, 0.717) is 26.3 Å². The molecular formula is C28H25N3O3. The van der Waals surface area contributed by atoms with E-state index in [1.54, 1.807) is 13.2 Å². The van der Waals surface area contributed by atoms with Crippen LogP contribution in [0.25, 0.3) is 39.0 Å². The summed E-state index contributed by atoms with van der Waals surface area (Å²) in [6.07, 6.45) is 3.54. The highest BCUT2D eigenvalue weighted by atomic mass is 16.5. The Hall–Kier alpha value is -3.90. The quantitative estimate of drug-likeness (QED) is 0.324. The van der Waals surface area contributed by atoms with Crippen LogP contribution in [0.3, 0.4) is 0 Å². The number of rotatable bonds is 3. The maximum atomic E-state index is 12.6. The van der Waals surface area contributed by atoms with E-state index in [4.69, 9.17) is 14.5 Å². The van der Waals surface area contributed by atoms with Crippen LogP contribution in [0.1, 0.15) is 5.56 Å². The second kappa shape index (κ2) is 8.15. The molecule has 34 heavy (non-hydrogen) atoms. The van der Waals surface area contributed by atoms with Gasteiger partial charge in [0.1, 0.15) is 5.75 Å². The van der Waals surface area contributed by atoms with Gasteiger partial charge in [0.15, 0.2) is 0 Å². The standard InChI is InChI=1S/C28H25N3O3/c1-30-24-15-18(8-10-26(32)31-11-13-34-14-12-31)7-9-21(24)28-27-22(16-19(33-2)17-25(27)30)20-5-3-4-6-23(20)29-28/h3-10,15-17H,11-14H2,1-2H3. The van der Waals surface area contributed by atoms with Gasteiger partial charge in [-0.15, -0.1) is 0 Å². The Morgan fingerprint density at radius 1 is 1.03 bits per heavy atom. The molecule has 170 valence electrons. The zero-order chi connectivity index (χ0) is 23.2. The zero-order valence-corrected chi connectivity index (χ0v) is 19.2. The van der Waals surface area contributed by atoms with E-state index in [2.05, 4.69) is 48.3 Å². The molecular weight excluding hydrogens is 426 g/mol. The average Bonchev–Trinajstić information content (AvgIpc) is 2.90. The van der Waals surface area contributed by atoms with Gasteiger partial charge in [0.05, 0.1) is 42.9 Å². The molecule has 0 bridgehead atoms. The number of amides is 1. The van der Waals surface area contributed by atoms with Gasteiger partial charge in [-0.3, -0.25) is 4.79 Å². The second-order valence-electron chi connectivity index (χ2n) is 8.65. The van der Waals surface area contributed by atoms with Gasteiger partial charge in [-0.25, -0.2) is 4.98 Å². The van der Waals surface area contributed by atoms with Crippen molar-refractivity contribution in [2.24, 2.45) is 0 Å². The molecule has 2 aliphatic rings. The Labute approximate surface area is 198 Å². The summed E-state index contributed by atoms with van der Waals surface area (Å²) in [5.41, 5.74) is 6.08. The summed E-state index contributed by atoms with van der Waals surface area (Å²) >= 11 is 0. The highest BCUT2D eigenvalue weighted by Gasteiger charge is 2.26. The van der Waals surface area contributed by atoms with E-state index in [1.165, 1.54) is 0 Å². The number of para-hydroxylation sites is 1. The fourth-order valence-electron chi connectivity index (χ4n) is 4.93. The molecule has 0 saturated carbocycles. The zero-order valence-electron chi connectivity index (χ0n) is 19.2. The minimum atomic E-state index is 0.0161. The van der Waals surface area contributed by atoms with Crippen molar-refractivity contribution < 1.29 is 14.3 Å². The Kier molecular flexibility index (Phi) is 4.96. The topological polar surface area (TPSA) is 54.9 Å².